The van der Waals surface area contributed by atoms with Gasteiger partial charge in [-0.25, -0.2) is 0 Å². The fourth-order valence-corrected chi connectivity index (χ4v) is 3.27. The van der Waals surface area contributed by atoms with Gasteiger partial charge in [-0.1, -0.05) is 0 Å². The van der Waals surface area contributed by atoms with E-state index in [0.29, 0.717) is 17.8 Å². The zero-order valence-corrected chi connectivity index (χ0v) is 13.2. The van der Waals surface area contributed by atoms with Crippen LogP contribution in [-0.4, -0.2) is 16.0 Å². The van der Waals surface area contributed by atoms with Crippen molar-refractivity contribution in [2.24, 2.45) is 0 Å². The first-order chi connectivity index (χ1) is 7.34. The van der Waals surface area contributed by atoms with Crippen LogP contribution in [0.25, 0.3) is 0 Å². The van der Waals surface area contributed by atoms with Crippen molar-refractivity contribution in [3.63, 3.8) is 0 Å². The van der Waals surface area contributed by atoms with Crippen molar-refractivity contribution < 1.29 is 0 Å². The van der Waals surface area contributed by atoms with E-state index >= 15 is 0 Å². The molecule has 0 atom stereocenters. The monoisotopic (exact) mass is 284 g/mol. The summed E-state index contributed by atoms with van der Waals surface area (Å²) < 4.78 is 1.43. The Bertz CT molecular complexity index is 333. The molecule has 0 nitrogen and oxygen atoms in total. The molecule has 1 aromatic carbocycles. The first kappa shape index (κ1) is 13.8. The molecule has 0 radical (unpaired) electrons. The Morgan fingerprint density at radius 2 is 1.12 bits per heavy atom. The third-order valence-corrected chi connectivity index (χ3v) is 4.19. The molecule has 0 fully saturated rings. The summed E-state index contributed by atoms with van der Waals surface area (Å²) in [5.41, 5.74) is 4.46. The van der Waals surface area contributed by atoms with Crippen molar-refractivity contribution in [3.8, 4) is 0 Å². The van der Waals surface area contributed by atoms with E-state index in [1.807, 2.05) is 0 Å². The van der Waals surface area contributed by atoms with Crippen molar-refractivity contribution in [3.05, 3.63) is 28.8 Å². The average Bonchev–Trinajstić information content (AvgIpc) is 2.16. The van der Waals surface area contributed by atoms with Gasteiger partial charge >= 0.3 is 109 Å². The Morgan fingerprint density at radius 1 is 0.750 bits per heavy atom. The van der Waals surface area contributed by atoms with E-state index < -0.39 is 0 Å². The van der Waals surface area contributed by atoms with E-state index in [2.05, 4.69) is 69.7 Å². The maximum atomic E-state index is 2.77. The minimum absolute atomic E-state index is 0.606. The standard InChI is InChI=1S/C15H24Se/c1-9(2)12-7-13(10(3)4)15(16)14(8-12)11(5)6/h7-11,16H,1-6H3. The molecule has 0 aromatic heterocycles. The van der Waals surface area contributed by atoms with Crippen LogP contribution >= 0.6 is 0 Å². The van der Waals surface area contributed by atoms with Gasteiger partial charge in [0.2, 0.25) is 0 Å². The van der Waals surface area contributed by atoms with E-state index in [-0.39, 0.29) is 0 Å². The van der Waals surface area contributed by atoms with E-state index in [9.17, 15) is 0 Å². The summed E-state index contributed by atoms with van der Waals surface area (Å²) in [7, 11) is 0. The Labute approximate surface area is 109 Å². The van der Waals surface area contributed by atoms with E-state index in [1.165, 1.54) is 21.2 Å². The van der Waals surface area contributed by atoms with Gasteiger partial charge in [0.25, 0.3) is 0 Å². The summed E-state index contributed by atoms with van der Waals surface area (Å²) in [5.74, 6) is 1.83. The Kier molecular flexibility index (Phi) is 4.64. The Hall–Kier alpha value is -0.261. The van der Waals surface area contributed by atoms with Crippen molar-refractivity contribution in [1.29, 1.82) is 0 Å². The van der Waals surface area contributed by atoms with Gasteiger partial charge in [-0.15, -0.1) is 0 Å². The minimum atomic E-state index is 0.606. The molecule has 0 saturated heterocycles. The number of hydrogen-bond acceptors (Lipinski definition) is 0. The molecule has 0 aliphatic heterocycles. The summed E-state index contributed by atoms with van der Waals surface area (Å²) in [6, 6.07) is 4.77. The van der Waals surface area contributed by atoms with Gasteiger partial charge in [-0.2, -0.15) is 0 Å². The molecule has 0 unspecified atom stereocenters. The van der Waals surface area contributed by atoms with Gasteiger partial charge < -0.3 is 0 Å². The number of hydrogen-bond donors (Lipinski definition) is 0. The van der Waals surface area contributed by atoms with Crippen molar-refractivity contribution >= 4 is 20.5 Å². The van der Waals surface area contributed by atoms with Crippen LogP contribution in [0.1, 0.15) is 76.0 Å². The number of benzene rings is 1. The average molecular weight is 283 g/mol. The molecule has 16 heavy (non-hydrogen) atoms. The van der Waals surface area contributed by atoms with Gasteiger partial charge in [0.1, 0.15) is 0 Å². The van der Waals surface area contributed by atoms with Gasteiger partial charge in [0.05, 0.1) is 0 Å². The van der Waals surface area contributed by atoms with Crippen LogP contribution in [0, 0.1) is 0 Å². The van der Waals surface area contributed by atoms with E-state index in [0.717, 1.165) is 0 Å². The third-order valence-electron chi connectivity index (χ3n) is 3.10. The molecule has 0 amide bonds. The second-order valence-corrected chi connectivity index (χ2v) is 6.45. The summed E-state index contributed by atoms with van der Waals surface area (Å²) >= 11 is 2.77. The molecule has 90 valence electrons. The molecular formula is C15H24Se. The van der Waals surface area contributed by atoms with Gasteiger partial charge in [-0.3, -0.25) is 0 Å². The zero-order chi connectivity index (χ0) is 12.5. The van der Waals surface area contributed by atoms with Gasteiger partial charge in [0.15, 0.2) is 0 Å². The van der Waals surface area contributed by atoms with Crippen LogP contribution in [0.5, 0.6) is 0 Å². The fourth-order valence-electron chi connectivity index (χ4n) is 1.92. The molecule has 1 heteroatoms. The molecule has 0 saturated carbocycles. The van der Waals surface area contributed by atoms with Crippen LogP contribution in [0.2, 0.25) is 0 Å². The molecule has 0 heterocycles. The first-order valence-corrected chi connectivity index (χ1v) is 7.15. The van der Waals surface area contributed by atoms with Crippen LogP contribution in [0.4, 0.5) is 0 Å². The predicted octanol–water partition coefficient (Wildman–Crippen LogP) is 3.58. The Balaban J connectivity index is 3.39. The Morgan fingerprint density at radius 3 is 1.38 bits per heavy atom. The molecule has 1 rings (SSSR count). The SMILES string of the molecule is CC(C)c1cc(C(C)C)c([SeH])c(C(C)C)c1. The molecule has 0 N–H and O–H groups in total. The summed E-state index contributed by atoms with van der Waals surface area (Å²) in [5, 5.41) is 0. The topological polar surface area (TPSA) is 0 Å². The van der Waals surface area contributed by atoms with Crippen molar-refractivity contribution in [2.45, 2.75) is 59.3 Å². The van der Waals surface area contributed by atoms with Crippen LogP contribution in [0.15, 0.2) is 12.1 Å². The fraction of sp³-hybridized carbons (Fsp3) is 0.600. The van der Waals surface area contributed by atoms with Gasteiger partial charge in [0, 0.05) is 0 Å². The summed E-state index contributed by atoms with van der Waals surface area (Å²) in [6.45, 7) is 13.7. The van der Waals surface area contributed by atoms with Crippen LogP contribution < -0.4 is 4.46 Å². The van der Waals surface area contributed by atoms with E-state index in [1.54, 1.807) is 0 Å². The molecular weight excluding hydrogens is 259 g/mol. The van der Waals surface area contributed by atoms with Crippen molar-refractivity contribution in [1.82, 2.24) is 0 Å². The molecule has 0 bridgehead atoms. The second-order valence-electron chi connectivity index (χ2n) is 5.51. The normalized spacial score (nSPS) is 11.9. The quantitative estimate of drug-likeness (QED) is 0.744. The summed E-state index contributed by atoms with van der Waals surface area (Å²) in [4.78, 5) is 0. The van der Waals surface area contributed by atoms with E-state index in [4.69, 9.17) is 0 Å². The third kappa shape index (κ3) is 2.90. The van der Waals surface area contributed by atoms with Crippen molar-refractivity contribution in [2.75, 3.05) is 0 Å². The molecule has 0 aliphatic carbocycles. The second kappa shape index (κ2) is 5.38. The molecule has 1 aromatic rings. The van der Waals surface area contributed by atoms with Crippen LogP contribution in [0.3, 0.4) is 0 Å². The van der Waals surface area contributed by atoms with Gasteiger partial charge in [-0.05, 0) is 0 Å². The number of rotatable bonds is 3. The van der Waals surface area contributed by atoms with Crippen LogP contribution in [-0.2, 0) is 0 Å². The first-order valence-electron chi connectivity index (χ1n) is 6.21. The molecule has 0 spiro atoms. The summed E-state index contributed by atoms with van der Waals surface area (Å²) in [6.07, 6.45) is 0. The molecule has 0 aliphatic rings. The zero-order valence-electron chi connectivity index (χ0n) is 11.3. The predicted molar refractivity (Wildman–Crippen MR) is 75.5 cm³/mol. The maximum absolute atomic E-state index is 2.77.